The summed E-state index contributed by atoms with van der Waals surface area (Å²) < 4.78 is 81.8. The number of nitrogens with zero attached hydrogens (tertiary/aromatic N) is 3. The molecule has 0 amide bonds. The predicted molar refractivity (Wildman–Crippen MR) is 133 cm³/mol. The van der Waals surface area contributed by atoms with E-state index in [0.717, 1.165) is 29.1 Å². The van der Waals surface area contributed by atoms with Crippen LogP contribution in [0.1, 0.15) is 34.9 Å². The lowest BCUT2D eigenvalue weighted by Gasteiger charge is -2.20. The fourth-order valence-electron chi connectivity index (χ4n) is 4.33. The first-order valence-corrected chi connectivity index (χ1v) is 11.7. The molecule has 5 nitrogen and oxygen atoms in total. The quantitative estimate of drug-likeness (QED) is 0.251. The Bertz CT molecular complexity index is 1510. The maximum Gasteiger partial charge on any atom is 0.435 e. The topological polar surface area (TPSA) is 73.8 Å². The number of carbonyl (C=O) groups is 1. The summed E-state index contributed by atoms with van der Waals surface area (Å²) in [6.07, 6.45) is -2.40. The monoisotopic (exact) mass is 544 g/mol. The molecule has 0 unspecified atom stereocenters. The lowest BCUT2D eigenvalue weighted by Crippen LogP contribution is -2.18. The van der Waals surface area contributed by atoms with E-state index >= 15 is 0 Å². The highest BCUT2D eigenvalue weighted by atomic mass is 19.4. The SMILES string of the molecule is C=C(N)c1cc(-c2cccnc2[C@@H](CC(=O)Cn2ccc(C(F)(F)F)n2)Cc2cc(F)cc(F)c2)ccc1F. The first kappa shape index (κ1) is 27.6. The molecule has 2 heterocycles. The number of alkyl halides is 3. The van der Waals surface area contributed by atoms with Crippen LogP contribution in [0.25, 0.3) is 16.8 Å². The van der Waals surface area contributed by atoms with E-state index in [1.807, 2.05) is 0 Å². The van der Waals surface area contributed by atoms with E-state index < -0.39 is 47.6 Å². The fourth-order valence-corrected chi connectivity index (χ4v) is 4.33. The molecule has 0 bridgehead atoms. The van der Waals surface area contributed by atoms with Gasteiger partial charge >= 0.3 is 6.18 Å². The van der Waals surface area contributed by atoms with Crippen LogP contribution in [0, 0.1) is 17.5 Å². The van der Waals surface area contributed by atoms with Crippen molar-refractivity contribution in [1.82, 2.24) is 14.8 Å². The van der Waals surface area contributed by atoms with Crippen LogP contribution >= 0.6 is 0 Å². The fraction of sp³-hybridized carbons (Fsp3) is 0.179. The lowest BCUT2D eigenvalue weighted by atomic mass is 9.86. The zero-order chi connectivity index (χ0) is 28.3. The van der Waals surface area contributed by atoms with Gasteiger partial charge in [0.1, 0.15) is 17.5 Å². The molecule has 2 aromatic heterocycles. The van der Waals surface area contributed by atoms with Crippen molar-refractivity contribution >= 4 is 11.5 Å². The molecule has 0 aliphatic carbocycles. The number of rotatable bonds is 9. The molecule has 39 heavy (non-hydrogen) atoms. The number of nitrogens with two attached hydrogens (primary N) is 1. The summed E-state index contributed by atoms with van der Waals surface area (Å²) in [5.74, 6) is -3.44. The van der Waals surface area contributed by atoms with Gasteiger partial charge in [0.25, 0.3) is 0 Å². The number of hydrogen-bond acceptors (Lipinski definition) is 4. The molecule has 2 N–H and O–H groups in total. The van der Waals surface area contributed by atoms with Crippen LogP contribution in [-0.2, 0) is 23.9 Å². The summed E-state index contributed by atoms with van der Waals surface area (Å²) in [6.45, 7) is 3.12. The highest BCUT2D eigenvalue weighted by Crippen LogP contribution is 2.34. The van der Waals surface area contributed by atoms with Gasteiger partial charge in [0.15, 0.2) is 11.5 Å². The minimum absolute atomic E-state index is 0.000738. The van der Waals surface area contributed by atoms with Gasteiger partial charge < -0.3 is 5.73 Å². The number of pyridine rings is 1. The van der Waals surface area contributed by atoms with Crippen molar-refractivity contribution in [3.8, 4) is 11.1 Å². The van der Waals surface area contributed by atoms with Crippen LogP contribution in [0.2, 0.25) is 0 Å². The van der Waals surface area contributed by atoms with E-state index in [-0.39, 0.29) is 29.7 Å². The molecule has 0 aliphatic heterocycles. The molecule has 11 heteroatoms. The third-order valence-corrected chi connectivity index (χ3v) is 6.00. The molecule has 0 saturated carbocycles. The summed E-state index contributed by atoms with van der Waals surface area (Å²) in [5, 5.41) is 3.41. The summed E-state index contributed by atoms with van der Waals surface area (Å²) in [6, 6.07) is 11.2. The second kappa shape index (κ2) is 11.1. The Labute approximate surface area is 219 Å². The number of aromatic nitrogens is 3. The Morgan fingerprint density at radius 3 is 2.38 bits per heavy atom. The Morgan fingerprint density at radius 1 is 1.03 bits per heavy atom. The first-order valence-electron chi connectivity index (χ1n) is 11.7. The van der Waals surface area contributed by atoms with Crippen LogP contribution < -0.4 is 5.73 Å². The second-order valence-corrected chi connectivity index (χ2v) is 8.97. The van der Waals surface area contributed by atoms with Crippen molar-refractivity contribution < 1.29 is 31.1 Å². The third-order valence-electron chi connectivity index (χ3n) is 6.00. The zero-order valence-corrected chi connectivity index (χ0v) is 20.4. The number of ketones is 1. The van der Waals surface area contributed by atoms with Gasteiger partial charge in [-0.25, -0.2) is 13.2 Å². The van der Waals surface area contributed by atoms with Gasteiger partial charge in [-0.1, -0.05) is 18.7 Å². The second-order valence-electron chi connectivity index (χ2n) is 8.97. The average Bonchev–Trinajstić information content (AvgIpc) is 3.32. The molecular formula is C28H22F6N4O. The average molecular weight is 544 g/mol. The minimum atomic E-state index is -4.66. The smallest absolute Gasteiger partial charge is 0.399 e. The van der Waals surface area contributed by atoms with Crippen molar-refractivity contribution in [1.29, 1.82) is 0 Å². The standard InChI is InChI=1S/C28H22F6N4O/c1-16(35)24-13-18(4-5-25(24)31)23-3-2-7-36-27(23)19(9-17-10-20(29)14-21(30)11-17)12-22(39)15-38-8-6-26(37-38)28(32,33)34/h2-8,10-11,13-14,19H,1,9,12,15,35H2/t19-/m1/s1. The van der Waals surface area contributed by atoms with Gasteiger partial charge in [-0.3, -0.25) is 14.5 Å². The molecule has 0 spiro atoms. The molecule has 0 radical (unpaired) electrons. The molecule has 202 valence electrons. The highest BCUT2D eigenvalue weighted by molar-refractivity contribution is 5.80. The van der Waals surface area contributed by atoms with Gasteiger partial charge in [-0.05, 0) is 53.9 Å². The molecular weight excluding hydrogens is 522 g/mol. The lowest BCUT2D eigenvalue weighted by molar-refractivity contribution is -0.141. The van der Waals surface area contributed by atoms with Gasteiger partial charge in [0.2, 0.25) is 0 Å². The van der Waals surface area contributed by atoms with E-state index in [4.69, 9.17) is 5.73 Å². The van der Waals surface area contributed by atoms with Crippen molar-refractivity contribution in [2.75, 3.05) is 0 Å². The van der Waals surface area contributed by atoms with Crippen LogP contribution in [0.4, 0.5) is 26.3 Å². The van der Waals surface area contributed by atoms with Crippen LogP contribution in [0.15, 0.2) is 73.6 Å². The normalized spacial score (nSPS) is 12.4. The maximum absolute atomic E-state index is 14.3. The van der Waals surface area contributed by atoms with E-state index in [9.17, 15) is 31.1 Å². The third kappa shape index (κ3) is 6.73. The Morgan fingerprint density at radius 2 is 1.74 bits per heavy atom. The molecule has 0 fully saturated rings. The van der Waals surface area contributed by atoms with Crippen molar-refractivity contribution in [2.24, 2.45) is 5.73 Å². The number of hydrogen-bond donors (Lipinski definition) is 1. The number of benzene rings is 2. The van der Waals surface area contributed by atoms with Crippen LogP contribution in [-0.4, -0.2) is 20.5 Å². The van der Waals surface area contributed by atoms with Gasteiger partial charge in [-0.2, -0.15) is 18.3 Å². The van der Waals surface area contributed by atoms with Crippen LogP contribution in [0.3, 0.4) is 0 Å². The zero-order valence-electron chi connectivity index (χ0n) is 20.4. The number of carbonyl (C=O) groups excluding carboxylic acids is 1. The number of Topliss-reactive ketones (excluding diaryl/α,β-unsaturated/α-hetero) is 1. The van der Waals surface area contributed by atoms with Crippen molar-refractivity contribution in [3.63, 3.8) is 0 Å². The Balaban J connectivity index is 1.71. The van der Waals surface area contributed by atoms with E-state index in [1.54, 1.807) is 12.1 Å². The molecule has 0 saturated heterocycles. The minimum Gasteiger partial charge on any atom is -0.399 e. The van der Waals surface area contributed by atoms with E-state index in [2.05, 4.69) is 16.7 Å². The van der Waals surface area contributed by atoms with Gasteiger partial charge in [-0.15, -0.1) is 0 Å². The Kier molecular flexibility index (Phi) is 7.89. The summed E-state index contributed by atoms with van der Waals surface area (Å²) in [5.41, 5.74) is 6.27. The van der Waals surface area contributed by atoms with Gasteiger partial charge in [0.05, 0.1) is 12.2 Å². The van der Waals surface area contributed by atoms with E-state index in [0.29, 0.717) is 22.9 Å². The number of halogens is 6. The maximum atomic E-state index is 14.3. The molecule has 4 rings (SSSR count). The summed E-state index contributed by atoms with van der Waals surface area (Å²) in [4.78, 5) is 17.5. The largest absolute Gasteiger partial charge is 0.435 e. The summed E-state index contributed by atoms with van der Waals surface area (Å²) >= 11 is 0. The predicted octanol–water partition coefficient (Wildman–Crippen LogP) is 6.30. The van der Waals surface area contributed by atoms with Crippen molar-refractivity contribution in [2.45, 2.75) is 31.5 Å². The molecule has 1 atom stereocenters. The highest BCUT2D eigenvalue weighted by Gasteiger charge is 2.33. The van der Waals surface area contributed by atoms with E-state index in [1.165, 1.54) is 24.4 Å². The Hall–Kier alpha value is -4.41. The molecule has 4 aromatic rings. The summed E-state index contributed by atoms with van der Waals surface area (Å²) in [7, 11) is 0. The van der Waals surface area contributed by atoms with Crippen molar-refractivity contribution in [3.05, 3.63) is 114 Å². The van der Waals surface area contributed by atoms with Crippen LogP contribution in [0.5, 0.6) is 0 Å². The molecule has 0 aliphatic rings. The first-order chi connectivity index (χ1) is 18.4. The molecule has 2 aromatic carbocycles. The van der Waals surface area contributed by atoms with Gasteiger partial charge in [0, 0.05) is 47.6 Å².